The van der Waals surface area contributed by atoms with E-state index in [4.69, 9.17) is 4.74 Å². The molecule has 0 radical (unpaired) electrons. The van der Waals surface area contributed by atoms with Gasteiger partial charge in [-0.1, -0.05) is 13.8 Å². The van der Waals surface area contributed by atoms with Crippen molar-refractivity contribution in [2.75, 3.05) is 13.2 Å². The second-order valence-electron chi connectivity index (χ2n) is 6.00. The Bertz CT molecular complexity index is 402. The van der Waals surface area contributed by atoms with Crippen LogP contribution in [0, 0.1) is 0 Å². The number of rotatable bonds is 9. The van der Waals surface area contributed by atoms with Gasteiger partial charge in [0.2, 0.25) is 0 Å². The first kappa shape index (κ1) is 16.4. The van der Waals surface area contributed by atoms with Gasteiger partial charge in [-0.05, 0) is 68.7 Å². The van der Waals surface area contributed by atoms with Crippen LogP contribution in [-0.4, -0.2) is 24.2 Å². The third kappa shape index (κ3) is 5.08. The maximum atomic E-state index is 5.74. The predicted molar refractivity (Wildman–Crippen MR) is 87.5 cm³/mol. The Morgan fingerprint density at radius 1 is 1.43 bits per heavy atom. The molecule has 2 rings (SSSR count). The Morgan fingerprint density at radius 2 is 2.33 bits per heavy atom. The highest BCUT2D eigenvalue weighted by molar-refractivity contribution is 5.26. The largest absolute Gasteiger partial charge is 0.378 e. The summed E-state index contributed by atoms with van der Waals surface area (Å²) in [5.41, 5.74) is 2.82. The maximum absolute atomic E-state index is 5.74. The van der Waals surface area contributed by atoms with Crippen molar-refractivity contribution < 1.29 is 4.74 Å². The minimum Gasteiger partial charge on any atom is -0.378 e. The monoisotopic (exact) mass is 290 g/mol. The number of hydrogen-bond acceptors (Lipinski definition) is 3. The lowest BCUT2D eigenvalue weighted by Gasteiger charge is -2.22. The van der Waals surface area contributed by atoms with Crippen molar-refractivity contribution in [3.05, 3.63) is 29.6 Å². The molecule has 1 aromatic rings. The molecule has 2 heterocycles. The Labute approximate surface area is 129 Å². The van der Waals surface area contributed by atoms with Crippen LogP contribution in [0.15, 0.2) is 18.5 Å². The van der Waals surface area contributed by atoms with Gasteiger partial charge in [0.25, 0.3) is 0 Å². The van der Waals surface area contributed by atoms with Gasteiger partial charge in [0.05, 0.1) is 6.10 Å². The van der Waals surface area contributed by atoms with E-state index >= 15 is 0 Å². The van der Waals surface area contributed by atoms with E-state index in [2.05, 4.69) is 30.2 Å². The number of aromatic nitrogens is 1. The molecule has 2 atom stereocenters. The predicted octanol–water partition coefficient (Wildman–Crippen LogP) is 4.03. The van der Waals surface area contributed by atoms with Gasteiger partial charge in [-0.2, -0.15) is 0 Å². The van der Waals surface area contributed by atoms with Crippen LogP contribution >= 0.6 is 0 Å². The van der Waals surface area contributed by atoms with Crippen LogP contribution in [0.25, 0.3) is 0 Å². The van der Waals surface area contributed by atoms with Crippen LogP contribution in [0.2, 0.25) is 0 Å². The number of nitrogens with zero attached hydrogens (tertiary/aromatic N) is 1. The molecule has 1 aliphatic rings. The molecule has 3 heteroatoms. The van der Waals surface area contributed by atoms with E-state index in [-0.39, 0.29) is 0 Å². The van der Waals surface area contributed by atoms with Gasteiger partial charge >= 0.3 is 0 Å². The summed E-state index contributed by atoms with van der Waals surface area (Å²) >= 11 is 0. The highest BCUT2D eigenvalue weighted by atomic mass is 16.5. The van der Waals surface area contributed by atoms with Gasteiger partial charge in [0.1, 0.15) is 0 Å². The van der Waals surface area contributed by atoms with E-state index in [1.165, 1.54) is 49.7 Å². The smallest absolute Gasteiger partial charge is 0.0576 e. The zero-order chi connectivity index (χ0) is 14.9. The molecule has 3 nitrogen and oxygen atoms in total. The molecule has 21 heavy (non-hydrogen) atoms. The first-order chi connectivity index (χ1) is 10.3. The lowest BCUT2D eigenvalue weighted by molar-refractivity contribution is 0.101. The molecule has 0 bridgehead atoms. The van der Waals surface area contributed by atoms with Gasteiger partial charge in [0.15, 0.2) is 0 Å². The fourth-order valence-corrected chi connectivity index (χ4v) is 3.18. The molecule has 0 aromatic carbocycles. The Hall–Kier alpha value is -0.930. The quantitative estimate of drug-likeness (QED) is 0.745. The summed E-state index contributed by atoms with van der Waals surface area (Å²) in [5.74, 6) is 0. The average Bonchev–Trinajstić information content (AvgIpc) is 3.04. The number of aryl methyl sites for hydroxylation is 1. The molecule has 118 valence electrons. The van der Waals surface area contributed by atoms with Crippen molar-refractivity contribution in [2.45, 2.75) is 70.9 Å². The van der Waals surface area contributed by atoms with E-state index in [9.17, 15) is 0 Å². The topological polar surface area (TPSA) is 34.1 Å². The first-order valence-corrected chi connectivity index (χ1v) is 8.62. The van der Waals surface area contributed by atoms with Gasteiger partial charge in [0, 0.05) is 25.0 Å². The normalized spacial score (nSPS) is 19.8. The highest BCUT2D eigenvalue weighted by Crippen LogP contribution is 2.25. The van der Waals surface area contributed by atoms with Crippen LogP contribution < -0.4 is 5.32 Å². The van der Waals surface area contributed by atoms with Crippen molar-refractivity contribution in [1.82, 2.24) is 10.3 Å². The van der Waals surface area contributed by atoms with Crippen molar-refractivity contribution in [1.29, 1.82) is 0 Å². The van der Waals surface area contributed by atoms with Crippen LogP contribution in [0.5, 0.6) is 0 Å². The number of hydrogen-bond donors (Lipinski definition) is 1. The second-order valence-corrected chi connectivity index (χ2v) is 6.00. The Morgan fingerprint density at radius 3 is 3.05 bits per heavy atom. The molecule has 1 N–H and O–H groups in total. The summed E-state index contributed by atoms with van der Waals surface area (Å²) in [7, 11) is 0. The third-order valence-corrected chi connectivity index (χ3v) is 4.38. The van der Waals surface area contributed by atoms with E-state index < -0.39 is 0 Å². The minimum atomic E-state index is 0.462. The molecule has 2 unspecified atom stereocenters. The molecular formula is C18H30N2O. The Kier molecular flexibility index (Phi) is 7.17. The van der Waals surface area contributed by atoms with Crippen molar-refractivity contribution in [3.63, 3.8) is 0 Å². The summed E-state index contributed by atoms with van der Waals surface area (Å²) in [6.45, 7) is 6.48. The summed E-state index contributed by atoms with van der Waals surface area (Å²) < 4.78 is 5.74. The maximum Gasteiger partial charge on any atom is 0.0576 e. The number of ether oxygens (including phenoxy) is 1. The van der Waals surface area contributed by atoms with Gasteiger partial charge in [-0.25, -0.2) is 0 Å². The van der Waals surface area contributed by atoms with Gasteiger partial charge in [-0.15, -0.1) is 0 Å². The van der Waals surface area contributed by atoms with E-state index in [0.717, 1.165) is 19.6 Å². The molecule has 0 amide bonds. The number of pyridine rings is 1. The zero-order valence-corrected chi connectivity index (χ0v) is 13.6. The van der Waals surface area contributed by atoms with Crippen LogP contribution in [0.1, 0.15) is 69.5 Å². The van der Waals surface area contributed by atoms with Gasteiger partial charge < -0.3 is 10.1 Å². The van der Waals surface area contributed by atoms with Crippen molar-refractivity contribution in [3.8, 4) is 0 Å². The molecule has 0 saturated carbocycles. The van der Waals surface area contributed by atoms with Crippen LogP contribution in [0.3, 0.4) is 0 Å². The second kappa shape index (κ2) is 9.16. The van der Waals surface area contributed by atoms with Gasteiger partial charge in [-0.3, -0.25) is 4.98 Å². The zero-order valence-electron chi connectivity index (χ0n) is 13.6. The lowest BCUT2D eigenvalue weighted by atomic mass is 9.95. The van der Waals surface area contributed by atoms with E-state index in [0.29, 0.717) is 12.1 Å². The standard InChI is InChI=1S/C18H30N2O/c1-3-11-20-18(9-5-7-16-8-6-13-21-16)17-10-12-19-14-15(17)4-2/h10,12,14,16,18,20H,3-9,11,13H2,1-2H3. The molecule has 1 aromatic heterocycles. The van der Waals surface area contributed by atoms with E-state index in [1.807, 2.05) is 12.4 Å². The fraction of sp³-hybridized carbons (Fsp3) is 0.722. The number of nitrogens with one attached hydrogen (secondary N) is 1. The summed E-state index contributed by atoms with van der Waals surface area (Å²) in [6, 6.07) is 2.66. The third-order valence-electron chi connectivity index (χ3n) is 4.38. The average molecular weight is 290 g/mol. The van der Waals surface area contributed by atoms with E-state index in [1.54, 1.807) is 0 Å². The molecule has 0 spiro atoms. The highest BCUT2D eigenvalue weighted by Gasteiger charge is 2.18. The minimum absolute atomic E-state index is 0.462. The first-order valence-electron chi connectivity index (χ1n) is 8.62. The van der Waals surface area contributed by atoms with Crippen molar-refractivity contribution >= 4 is 0 Å². The molecule has 1 aliphatic heterocycles. The lowest BCUT2D eigenvalue weighted by Crippen LogP contribution is -2.23. The van der Waals surface area contributed by atoms with Crippen molar-refractivity contribution in [2.24, 2.45) is 0 Å². The van der Waals surface area contributed by atoms with Crippen LogP contribution in [-0.2, 0) is 11.2 Å². The molecule has 1 saturated heterocycles. The van der Waals surface area contributed by atoms with Crippen LogP contribution in [0.4, 0.5) is 0 Å². The molecular weight excluding hydrogens is 260 g/mol. The summed E-state index contributed by atoms with van der Waals surface area (Å²) in [4.78, 5) is 4.27. The molecule has 0 aliphatic carbocycles. The SMILES string of the molecule is CCCNC(CCCC1CCCO1)c1ccncc1CC. The fourth-order valence-electron chi connectivity index (χ4n) is 3.18. The summed E-state index contributed by atoms with van der Waals surface area (Å²) in [6.07, 6.45) is 12.8. The summed E-state index contributed by atoms with van der Waals surface area (Å²) in [5, 5.41) is 3.72. The molecule has 1 fully saturated rings. The Balaban J connectivity index is 1.92.